The molecule has 3 atom stereocenters. The molecule has 1 aliphatic rings. The van der Waals surface area contributed by atoms with E-state index >= 15 is 0 Å². The minimum atomic E-state index is -0.656. The highest BCUT2D eigenvalue weighted by Gasteiger charge is 2.28. The van der Waals surface area contributed by atoms with Gasteiger partial charge in [0.15, 0.2) is 13.2 Å². The van der Waals surface area contributed by atoms with E-state index in [0.29, 0.717) is 22.1 Å². The second kappa shape index (κ2) is 9.17. The van der Waals surface area contributed by atoms with Crippen LogP contribution in [0.25, 0.3) is 0 Å². The van der Waals surface area contributed by atoms with Gasteiger partial charge in [-0.1, -0.05) is 26.7 Å². The summed E-state index contributed by atoms with van der Waals surface area (Å²) in [6.45, 7) is 3.64. The van der Waals surface area contributed by atoms with E-state index in [4.69, 9.17) is 9.47 Å². The van der Waals surface area contributed by atoms with Gasteiger partial charge in [-0.3, -0.25) is 4.79 Å². The van der Waals surface area contributed by atoms with Gasteiger partial charge in [0.05, 0.1) is 4.47 Å². The number of amides is 1. The first-order chi connectivity index (χ1) is 11.9. The van der Waals surface area contributed by atoms with Crippen LogP contribution in [0.3, 0.4) is 0 Å². The molecule has 1 aromatic carbocycles. The Balaban J connectivity index is 1.71. The maximum absolute atomic E-state index is 13.0. The van der Waals surface area contributed by atoms with Crippen molar-refractivity contribution in [1.29, 1.82) is 0 Å². The van der Waals surface area contributed by atoms with Crippen LogP contribution >= 0.6 is 15.9 Å². The van der Waals surface area contributed by atoms with Crippen molar-refractivity contribution >= 4 is 27.8 Å². The molecule has 138 valence electrons. The zero-order valence-corrected chi connectivity index (χ0v) is 16.0. The van der Waals surface area contributed by atoms with Crippen molar-refractivity contribution in [1.82, 2.24) is 5.32 Å². The largest absolute Gasteiger partial charge is 0.481 e. The van der Waals surface area contributed by atoms with Crippen LogP contribution in [-0.4, -0.2) is 31.1 Å². The van der Waals surface area contributed by atoms with Gasteiger partial charge in [0.25, 0.3) is 5.91 Å². The van der Waals surface area contributed by atoms with E-state index < -0.39 is 11.8 Å². The molecule has 2 rings (SSSR count). The molecule has 7 heteroatoms. The number of carbonyl (C=O) groups excluding carboxylic acids is 2. The summed E-state index contributed by atoms with van der Waals surface area (Å²) in [5, 5.41) is 2.94. The summed E-state index contributed by atoms with van der Waals surface area (Å²) < 4.78 is 23.6. The number of hydrogen-bond donors (Lipinski definition) is 1. The molecule has 0 aromatic heterocycles. The van der Waals surface area contributed by atoms with Crippen LogP contribution in [0.4, 0.5) is 4.39 Å². The summed E-state index contributed by atoms with van der Waals surface area (Å²) in [4.78, 5) is 23.6. The lowest BCUT2D eigenvalue weighted by Crippen LogP contribution is -2.45. The van der Waals surface area contributed by atoms with Gasteiger partial charge < -0.3 is 14.8 Å². The second-order valence-corrected chi connectivity index (χ2v) is 7.32. The zero-order valence-electron chi connectivity index (χ0n) is 14.4. The number of hydrogen-bond acceptors (Lipinski definition) is 4. The Hall–Kier alpha value is -1.63. The second-order valence-electron chi connectivity index (χ2n) is 6.47. The summed E-state index contributed by atoms with van der Waals surface area (Å²) >= 11 is 3.14. The Morgan fingerprint density at radius 1 is 1.28 bits per heavy atom. The average Bonchev–Trinajstić information content (AvgIpc) is 2.56. The number of rotatable bonds is 6. The van der Waals surface area contributed by atoms with Crippen LogP contribution in [0, 0.1) is 17.7 Å². The monoisotopic (exact) mass is 415 g/mol. The molecule has 0 bridgehead atoms. The van der Waals surface area contributed by atoms with E-state index in [0.717, 1.165) is 12.8 Å². The van der Waals surface area contributed by atoms with E-state index in [-0.39, 0.29) is 25.2 Å². The number of nitrogens with one attached hydrogen (secondary N) is 1. The molecule has 0 saturated heterocycles. The van der Waals surface area contributed by atoms with Crippen LogP contribution in [0.15, 0.2) is 22.7 Å². The maximum atomic E-state index is 13.0. The Bertz CT molecular complexity index is 625. The van der Waals surface area contributed by atoms with Crippen LogP contribution in [-0.2, 0) is 14.3 Å². The summed E-state index contributed by atoms with van der Waals surface area (Å²) in [5.41, 5.74) is 0. The van der Waals surface area contributed by atoms with Crippen molar-refractivity contribution in [2.45, 2.75) is 39.2 Å². The fraction of sp³-hybridized carbons (Fsp3) is 0.556. The van der Waals surface area contributed by atoms with E-state index in [9.17, 15) is 14.0 Å². The quantitative estimate of drug-likeness (QED) is 0.722. The van der Waals surface area contributed by atoms with E-state index in [2.05, 4.69) is 35.1 Å². The number of ether oxygens (including phenoxy) is 2. The first-order valence-corrected chi connectivity index (χ1v) is 9.19. The van der Waals surface area contributed by atoms with Crippen molar-refractivity contribution in [3.05, 3.63) is 28.5 Å². The van der Waals surface area contributed by atoms with Gasteiger partial charge in [0.2, 0.25) is 0 Å². The van der Waals surface area contributed by atoms with E-state index in [1.165, 1.54) is 24.6 Å². The Morgan fingerprint density at radius 3 is 2.76 bits per heavy atom. The highest BCUT2D eigenvalue weighted by atomic mass is 79.9. The van der Waals surface area contributed by atoms with Gasteiger partial charge >= 0.3 is 5.97 Å². The van der Waals surface area contributed by atoms with Crippen molar-refractivity contribution in [2.24, 2.45) is 11.8 Å². The summed E-state index contributed by atoms with van der Waals surface area (Å²) in [6, 6.07) is 4.00. The molecule has 1 aromatic rings. The van der Waals surface area contributed by atoms with Gasteiger partial charge in [0.1, 0.15) is 11.6 Å². The van der Waals surface area contributed by atoms with Crippen LogP contribution < -0.4 is 10.1 Å². The average molecular weight is 416 g/mol. The van der Waals surface area contributed by atoms with Gasteiger partial charge in [-0.15, -0.1) is 0 Å². The molecule has 25 heavy (non-hydrogen) atoms. The standard InChI is InChI=1S/C18H23BrFNO4/c1-11-4-3-5-15(12(11)2)21-17(22)9-25-18(23)10-24-16-7-6-13(20)8-14(16)19/h6-8,11-12,15H,3-5,9-10H2,1-2H3,(H,21,22)/t11-,12+,15-/m0/s1. The molecule has 1 saturated carbocycles. The number of esters is 1. The van der Waals surface area contributed by atoms with Crippen LogP contribution in [0.2, 0.25) is 0 Å². The maximum Gasteiger partial charge on any atom is 0.344 e. The van der Waals surface area contributed by atoms with Gasteiger partial charge in [0, 0.05) is 6.04 Å². The molecule has 0 spiro atoms. The minimum absolute atomic E-state index is 0.126. The predicted molar refractivity (Wildman–Crippen MR) is 94.7 cm³/mol. The molecule has 1 fully saturated rings. The molecule has 1 aliphatic carbocycles. The fourth-order valence-electron chi connectivity index (χ4n) is 2.95. The summed E-state index contributed by atoms with van der Waals surface area (Å²) in [6.07, 6.45) is 3.22. The molecule has 0 unspecified atom stereocenters. The topological polar surface area (TPSA) is 64.6 Å². The van der Waals surface area contributed by atoms with Crippen LogP contribution in [0.5, 0.6) is 5.75 Å². The molecule has 5 nitrogen and oxygen atoms in total. The Kier molecular flexibility index (Phi) is 7.23. The van der Waals surface area contributed by atoms with E-state index in [1.807, 2.05) is 0 Å². The van der Waals surface area contributed by atoms with E-state index in [1.54, 1.807) is 0 Å². The number of benzene rings is 1. The summed E-state index contributed by atoms with van der Waals surface area (Å²) in [5.74, 6) is -0.0621. The zero-order chi connectivity index (χ0) is 18.4. The third-order valence-electron chi connectivity index (χ3n) is 4.66. The minimum Gasteiger partial charge on any atom is -0.481 e. The molecule has 0 radical (unpaired) electrons. The fourth-order valence-corrected chi connectivity index (χ4v) is 3.42. The molecule has 1 N–H and O–H groups in total. The predicted octanol–water partition coefficient (Wildman–Crippen LogP) is 3.45. The van der Waals surface area contributed by atoms with Gasteiger partial charge in [-0.05, 0) is 52.4 Å². The third kappa shape index (κ3) is 5.99. The molecular weight excluding hydrogens is 393 g/mol. The lowest BCUT2D eigenvalue weighted by Gasteiger charge is -2.34. The molecule has 1 amide bonds. The lowest BCUT2D eigenvalue weighted by molar-refractivity contribution is -0.150. The van der Waals surface area contributed by atoms with Crippen molar-refractivity contribution in [3.63, 3.8) is 0 Å². The van der Waals surface area contributed by atoms with Crippen molar-refractivity contribution in [2.75, 3.05) is 13.2 Å². The summed E-state index contributed by atoms with van der Waals surface area (Å²) in [7, 11) is 0. The first kappa shape index (κ1) is 19.7. The first-order valence-electron chi connectivity index (χ1n) is 8.39. The Labute approximate surface area is 155 Å². The highest BCUT2D eigenvalue weighted by Crippen LogP contribution is 2.29. The van der Waals surface area contributed by atoms with Crippen LogP contribution in [0.1, 0.15) is 33.1 Å². The van der Waals surface area contributed by atoms with Gasteiger partial charge in [-0.2, -0.15) is 0 Å². The molecule has 0 aliphatic heterocycles. The third-order valence-corrected chi connectivity index (χ3v) is 5.28. The SMILES string of the molecule is C[C@H]1[C@@H](NC(=O)COC(=O)COc2ccc(F)cc2Br)CCC[C@@H]1C. The number of halogens is 2. The van der Waals surface area contributed by atoms with Gasteiger partial charge in [-0.25, -0.2) is 9.18 Å². The Morgan fingerprint density at radius 2 is 2.04 bits per heavy atom. The molecular formula is C18H23BrFNO4. The number of carbonyl (C=O) groups is 2. The lowest BCUT2D eigenvalue weighted by atomic mass is 9.78. The normalized spacial score (nSPS) is 23.0. The smallest absolute Gasteiger partial charge is 0.344 e. The molecule has 0 heterocycles. The van der Waals surface area contributed by atoms with Crippen molar-refractivity contribution < 1.29 is 23.5 Å². The highest BCUT2D eigenvalue weighted by molar-refractivity contribution is 9.10. The van der Waals surface area contributed by atoms with Crippen molar-refractivity contribution in [3.8, 4) is 5.75 Å².